The molecule has 0 aromatic carbocycles. The van der Waals surface area contributed by atoms with Crippen molar-refractivity contribution in [3.63, 3.8) is 0 Å². The number of hydrogen-bond donors (Lipinski definition) is 1. The predicted octanol–water partition coefficient (Wildman–Crippen LogP) is 0.492. The zero-order chi connectivity index (χ0) is 11.3. The molecule has 2 aliphatic rings. The lowest BCUT2D eigenvalue weighted by molar-refractivity contribution is -0.115. The molecule has 2 unspecified atom stereocenters. The van der Waals surface area contributed by atoms with Crippen LogP contribution in [0.2, 0.25) is 0 Å². The maximum atomic E-state index is 5.84. The summed E-state index contributed by atoms with van der Waals surface area (Å²) < 4.78 is 16.2. The van der Waals surface area contributed by atoms with Gasteiger partial charge in [-0.25, -0.2) is 0 Å². The zero-order valence-corrected chi connectivity index (χ0v) is 9.87. The van der Waals surface area contributed by atoms with Crippen molar-refractivity contribution in [2.75, 3.05) is 40.1 Å². The van der Waals surface area contributed by atoms with Gasteiger partial charge in [0.1, 0.15) is 0 Å². The van der Waals surface area contributed by atoms with E-state index in [1.807, 2.05) is 0 Å². The fourth-order valence-electron chi connectivity index (χ4n) is 2.29. The molecule has 2 aliphatic heterocycles. The number of ether oxygens (including phenoxy) is 3. The molecule has 94 valence electrons. The Morgan fingerprint density at radius 3 is 3.06 bits per heavy atom. The first-order valence-corrected chi connectivity index (χ1v) is 5.93. The van der Waals surface area contributed by atoms with Crippen molar-refractivity contribution in [1.29, 1.82) is 0 Å². The van der Waals surface area contributed by atoms with E-state index in [4.69, 9.17) is 19.0 Å². The molecule has 0 radical (unpaired) electrons. The molecule has 0 aromatic rings. The zero-order valence-electron chi connectivity index (χ0n) is 9.87. The van der Waals surface area contributed by atoms with Gasteiger partial charge in [-0.1, -0.05) is 0 Å². The molecule has 0 bridgehead atoms. The molecule has 2 fully saturated rings. The van der Waals surface area contributed by atoms with E-state index in [2.05, 4.69) is 5.48 Å². The van der Waals surface area contributed by atoms with E-state index in [1.54, 1.807) is 7.11 Å². The highest BCUT2D eigenvalue weighted by Gasteiger charge is 2.41. The Balaban J connectivity index is 1.70. The quantitative estimate of drug-likeness (QED) is 0.551. The Morgan fingerprint density at radius 1 is 1.38 bits per heavy atom. The lowest BCUT2D eigenvalue weighted by Crippen LogP contribution is -2.47. The lowest BCUT2D eigenvalue weighted by atomic mass is 9.90. The maximum Gasteiger partial charge on any atom is 0.0952 e. The molecule has 0 saturated carbocycles. The molecule has 5 nitrogen and oxygen atoms in total. The van der Waals surface area contributed by atoms with Gasteiger partial charge >= 0.3 is 0 Å². The van der Waals surface area contributed by atoms with Crippen LogP contribution in [0.5, 0.6) is 0 Å². The number of hydrogen-bond acceptors (Lipinski definition) is 5. The van der Waals surface area contributed by atoms with Gasteiger partial charge in [0.2, 0.25) is 0 Å². The minimum Gasteiger partial charge on any atom is -0.382 e. The van der Waals surface area contributed by atoms with Gasteiger partial charge in [-0.2, -0.15) is 5.48 Å². The van der Waals surface area contributed by atoms with Crippen LogP contribution in [0.4, 0.5) is 0 Å². The van der Waals surface area contributed by atoms with E-state index < -0.39 is 0 Å². The first kappa shape index (κ1) is 12.3. The van der Waals surface area contributed by atoms with Crippen LogP contribution in [-0.4, -0.2) is 51.8 Å². The monoisotopic (exact) mass is 231 g/mol. The summed E-state index contributed by atoms with van der Waals surface area (Å²) in [6.45, 7) is 3.52. The van der Waals surface area contributed by atoms with E-state index in [-0.39, 0.29) is 5.60 Å². The molecule has 2 rings (SSSR count). The molecule has 2 saturated heterocycles. The second-order valence-corrected chi connectivity index (χ2v) is 4.48. The Labute approximate surface area is 96.3 Å². The van der Waals surface area contributed by atoms with Gasteiger partial charge in [-0.05, 0) is 12.8 Å². The molecule has 2 atom stereocenters. The molecule has 1 N–H and O–H groups in total. The van der Waals surface area contributed by atoms with Gasteiger partial charge in [0.15, 0.2) is 0 Å². The third kappa shape index (κ3) is 3.15. The van der Waals surface area contributed by atoms with Crippen LogP contribution in [0.1, 0.15) is 19.3 Å². The van der Waals surface area contributed by atoms with Crippen LogP contribution in [0, 0.1) is 0 Å². The highest BCUT2D eigenvalue weighted by atomic mass is 16.7. The molecule has 16 heavy (non-hydrogen) atoms. The van der Waals surface area contributed by atoms with Crippen LogP contribution in [0.15, 0.2) is 0 Å². The maximum absolute atomic E-state index is 5.84. The van der Waals surface area contributed by atoms with Gasteiger partial charge in [-0.3, -0.25) is 4.84 Å². The second kappa shape index (κ2) is 5.93. The average molecular weight is 231 g/mol. The molecular weight excluding hydrogens is 210 g/mol. The summed E-state index contributed by atoms with van der Waals surface area (Å²) in [4.78, 5) is 5.34. The molecule has 5 heteroatoms. The summed E-state index contributed by atoms with van der Waals surface area (Å²) >= 11 is 0. The van der Waals surface area contributed by atoms with Crippen molar-refractivity contribution < 1.29 is 19.0 Å². The topological polar surface area (TPSA) is 49.0 Å². The normalized spacial score (nSPS) is 34.7. The van der Waals surface area contributed by atoms with Gasteiger partial charge < -0.3 is 14.2 Å². The fraction of sp³-hybridized carbons (Fsp3) is 1.00. The minimum atomic E-state index is -0.0550. The summed E-state index contributed by atoms with van der Waals surface area (Å²) in [5.74, 6) is 0. The number of nitrogens with one attached hydrogen (secondary N) is 1. The average Bonchev–Trinajstić information content (AvgIpc) is 2.73. The van der Waals surface area contributed by atoms with Crippen LogP contribution >= 0.6 is 0 Å². The van der Waals surface area contributed by atoms with Gasteiger partial charge in [-0.15, -0.1) is 0 Å². The fourth-order valence-corrected chi connectivity index (χ4v) is 2.29. The van der Waals surface area contributed by atoms with Gasteiger partial charge in [0.05, 0.1) is 25.4 Å². The van der Waals surface area contributed by atoms with E-state index in [0.717, 1.165) is 39.1 Å². The SMILES string of the molecule is COCCONC1CCOC2(CCOC2)C1. The van der Waals surface area contributed by atoms with Crippen molar-refractivity contribution in [2.45, 2.75) is 30.9 Å². The Morgan fingerprint density at radius 2 is 2.31 bits per heavy atom. The Kier molecular flexibility index (Phi) is 4.55. The van der Waals surface area contributed by atoms with Crippen LogP contribution in [0.25, 0.3) is 0 Å². The van der Waals surface area contributed by atoms with Crippen molar-refractivity contribution in [3.8, 4) is 0 Å². The van der Waals surface area contributed by atoms with Crippen molar-refractivity contribution in [2.24, 2.45) is 0 Å². The van der Waals surface area contributed by atoms with Crippen LogP contribution in [-0.2, 0) is 19.0 Å². The third-order valence-electron chi connectivity index (χ3n) is 3.20. The first-order chi connectivity index (χ1) is 7.85. The summed E-state index contributed by atoms with van der Waals surface area (Å²) in [6, 6.07) is 0.368. The Bertz CT molecular complexity index is 206. The number of hydroxylamine groups is 1. The minimum absolute atomic E-state index is 0.0550. The van der Waals surface area contributed by atoms with Gasteiger partial charge in [0, 0.05) is 32.8 Å². The summed E-state index contributed by atoms with van der Waals surface area (Å²) in [6.07, 6.45) is 2.97. The number of rotatable bonds is 5. The summed E-state index contributed by atoms with van der Waals surface area (Å²) in [5.41, 5.74) is 3.04. The van der Waals surface area contributed by atoms with Crippen LogP contribution < -0.4 is 5.48 Å². The standard InChI is InChI=1S/C11H21NO4/c1-13-6-7-16-12-10-2-4-15-11(8-10)3-5-14-9-11/h10,12H,2-9H2,1H3. The van der Waals surface area contributed by atoms with Crippen molar-refractivity contribution in [1.82, 2.24) is 5.48 Å². The van der Waals surface area contributed by atoms with E-state index >= 15 is 0 Å². The first-order valence-electron chi connectivity index (χ1n) is 5.93. The van der Waals surface area contributed by atoms with E-state index in [0.29, 0.717) is 19.3 Å². The molecular formula is C11H21NO4. The molecule has 0 aliphatic carbocycles. The van der Waals surface area contributed by atoms with Crippen molar-refractivity contribution >= 4 is 0 Å². The lowest BCUT2D eigenvalue weighted by Gasteiger charge is -2.37. The number of methoxy groups -OCH3 is 1. The molecule has 1 spiro atoms. The van der Waals surface area contributed by atoms with Gasteiger partial charge in [0.25, 0.3) is 0 Å². The van der Waals surface area contributed by atoms with E-state index in [1.165, 1.54) is 0 Å². The summed E-state index contributed by atoms with van der Waals surface area (Å²) in [5, 5.41) is 0. The summed E-state index contributed by atoms with van der Waals surface area (Å²) in [7, 11) is 1.67. The van der Waals surface area contributed by atoms with Crippen LogP contribution in [0.3, 0.4) is 0 Å². The molecule has 0 amide bonds. The molecule has 0 aromatic heterocycles. The Hall–Kier alpha value is -0.200. The smallest absolute Gasteiger partial charge is 0.0952 e. The van der Waals surface area contributed by atoms with E-state index in [9.17, 15) is 0 Å². The predicted molar refractivity (Wildman–Crippen MR) is 58.1 cm³/mol. The second-order valence-electron chi connectivity index (χ2n) is 4.48. The van der Waals surface area contributed by atoms with Crippen molar-refractivity contribution in [3.05, 3.63) is 0 Å². The molecule has 2 heterocycles. The highest BCUT2D eigenvalue weighted by Crippen LogP contribution is 2.32. The highest BCUT2D eigenvalue weighted by molar-refractivity contribution is 4.91. The largest absolute Gasteiger partial charge is 0.382 e. The third-order valence-corrected chi connectivity index (χ3v) is 3.20.